The first-order valence-electron chi connectivity index (χ1n) is 10.6. The number of nitrogens with one attached hydrogen (secondary N) is 2. The molecule has 0 radical (unpaired) electrons. The Balaban J connectivity index is 1.34. The Morgan fingerprint density at radius 1 is 1.03 bits per heavy atom. The molecule has 1 atom stereocenters. The van der Waals surface area contributed by atoms with Gasteiger partial charge in [-0.25, -0.2) is 0 Å². The molecular weight excluding hydrogens is 374 g/mol. The van der Waals surface area contributed by atoms with E-state index in [1.807, 2.05) is 36.4 Å². The van der Waals surface area contributed by atoms with Crippen LogP contribution in [0.15, 0.2) is 76.2 Å². The number of benzene rings is 2. The maximum Gasteiger partial charge on any atom is 0.191 e. The van der Waals surface area contributed by atoms with Crippen molar-refractivity contribution in [3.8, 4) is 11.3 Å². The molecule has 156 valence electrons. The van der Waals surface area contributed by atoms with Gasteiger partial charge in [0, 0.05) is 25.2 Å². The first-order chi connectivity index (χ1) is 14.8. The van der Waals surface area contributed by atoms with Gasteiger partial charge in [0.2, 0.25) is 0 Å². The molecular formula is C24H29N5O. The van der Waals surface area contributed by atoms with Gasteiger partial charge in [-0.15, -0.1) is 0 Å². The SMILES string of the molecule is CN=C(NCc1cc(-c2ccccc2)on1)NCC(c1ccccc1)N1CCCC1. The van der Waals surface area contributed by atoms with Crippen LogP contribution in [0.25, 0.3) is 11.3 Å². The van der Waals surface area contributed by atoms with Gasteiger partial charge in [0.05, 0.1) is 12.6 Å². The monoisotopic (exact) mass is 403 g/mol. The van der Waals surface area contributed by atoms with Gasteiger partial charge >= 0.3 is 0 Å². The molecule has 1 aliphatic rings. The Kier molecular flexibility index (Phi) is 6.77. The molecule has 1 saturated heterocycles. The third-order valence-electron chi connectivity index (χ3n) is 5.51. The highest BCUT2D eigenvalue weighted by atomic mass is 16.5. The zero-order valence-electron chi connectivity index (χ0n) is 17.4. The van der Waals surface area contributed by atoms with Crippen molar-refractivity contribution < 1.29 is 4.52 Å². The molecule has 3 aromatic rings. The minimum absolute atomic E-state index is 0.337. The summed E-state index contributed by atoms with van der Waals surface area (Å²) in [6.07, 6.45) is 2.54. The van der Waals surface area contributed by atoms with Crippen molar-refractivity contribution in [2.75, 3.05) is 26.7 Å². The Bertz CT molecular complexity index is 932. The molecule has 0 aliphatic carbocycles. The standard InChI is InChI=1S/C24H29N5O/c1-25-24(26-17-21-16-23(30-28-21)20-12-6-3-7-13-20)27-18-22(29-14-8-9-15-29)19-10-4-2-5-11-19/h2-7,10-13,16,22H,8-9,14-15,17-18H2,1H3,(H2,25,26,27). The molecule has 1 fully saturated rings. The van der Waals surface area contributed by atoms with E-state index in [-0.39, 0.29) is 0 Å². The maximum atomic E-state index is 5.48. The quantitative estimate of drug-likeness (QED) is 0.463. The molecule has 1 aliphatic heterocycles. The smallest absolute Gasteiger partial charge is 0.191 e. The van der Waals surface area contributed by atoms with Gasteiger partial charge in [-0.2, -0.15) is 0 Å². The van der Waals surface area contributed by atoms with E-state index in [2.05, 4.69) is 56.0 Å². The van der Waals surface area contributed by atoms with Crippen LogP contribution < -0.4 is 10.6 Å². The molecule has 2 heterocycles. The number of rotatable bonds is 7. The summed E-state index contributed by atoms with van der Waals surface area (Å²) in [6, 6.07) is 23.0. The average Bonchev–Trinajstić information content (AvgIpc) is 3.50. The molecule has 0 saturated carbocycles. The number of nitrogens with zero attached hydrogens (tertiary/aromatic N) is 3. The van der Waals surface area contributed by atoms with E-state index in [0.29, 0.717) is 12.6 Å². The fourth-order valence-electron chi connectivity index (χ4n) is 3.91. The number of likely N-dealkylation sites (tertiary alicyclic amines) is 1. The summed E-state index contributed by atoms with van der Waals surface area (Å²) in [5, 5.41) is 11.0. The maximum absolute atomic E-state index is 5.48. The van der Waals surface area contributed by atoms with Crippen molar-refractivity contribution in [1.82, 2.24) is 20.7 Å². The third kappa shape index (κ3) is 5.07. The van der Waals surface area contributed by atoms with E-state index in [1.165, 1.54) is 18.4 Å². The first-order valence-corrected chi connectivity index (χ1v) is 10.6. The largest absolute Gasteiger partial charge is 0.356 e. The second-order valence-corrected chi connectivity index (χ2v) is 7.52. The lowest BCUT2D eigenvalue weighted by atomic mass is 10.1. The van der Waals surface area contributed by atoms with Crippen LogP contribution >= 0.6 is 0 Å². The third-order valence-corrected chi connectivity index (χ3v) is 5.51. The highest BCUT2D eigenvalue weighted by Gasteiger charge is 2.23. The van der Waals surface area contributed by atoms with Gasteiger partial charge in [-0.1, -0.05) is 65.8 Å². The fourth-order valence-corrected chi connectivity index (χ4v) is 3.91. The van der Waals surface area contributed by atoms with Crippen LogP contribution in [-0.2, 0) is 6.54 Å². The number of aromatic nitrogens is 1. The number of aliphatic imine (C=N–C) groups is 1. The predicted octanol–water partition coefficient (Wildman–Crippen LogP) is 3.84. The van der Waals surface area contributed by atoms with Crippen LogP contribution in [0.4, 0.5) is 0 Å². The van der Waals surface area contributed by atoms with E-state index in [1.54, 1.807) is 7.05 Å². The summed E-state index contributed by atoms with van der Waals surface area (Å²) in [4.78, 5) is 6.93. The second kappa shape index (κ2) is 10.1. The normalized spacial score (nSPS) is 15.8. The van der Waals surface area contributed by atoms with Crippen molar-refractivity contribution in [2.45, 2.75) is 25.4 Å². The zero-order valence-corrected chi connectivity index (χ0v) is 17.4. The molecule has 0 spiro atoms. The Hall–Kier alpha value is -3.12. The summed E-state index contributed by atoms with van der Waals surface area (Å²) in [7, 11) is 1.79. The highest BCUT2D eigenvalue weighted by molar-refractivity contribution is 5.79. The number of guanidine groups is 1. The first kappa shape index (κ1) is 20.2. The van der Waals surface area contributed by atoms with E-state index in [0.717, 1.165) is 42.6 Å². The van der Waals surface area contributed by atoms with Crippen LogP contribution in [0, 0.1) is 0 Å². The van der Waals surface area contributed by atoms with Gasteiger partial charge < -0.3 is 15.2 Å². The van der Waals surface area contributed by atoms with E-state index in [9.17, 15) is 0 Å². The van der Waals surface area contributed by atoms with Crippen LogP contribution in [0.1, 0.15) is 30.1 Å². The summed E-state index contributed by atoms with van der Waals surface area (Å²) in [5.41, 5.74) is 3.21. The van der Waals surface area contributed by atoms with E-state index >= 15 is 0 Å². The molecule has 30 heavy (non-hydrogen) atoms. The van der Waals surface area contributed by atoms with Crippen molar-refractivity contribution in [3.63, 3.8) is 0 Å². The molecule has 6 heteroatoms. The summed E-state index contributed by atoms with van der Waals surface area (Å²) in [5.74, 6) is 1.54. The van der Waals surface area contributed by atoms with E-state index < -0.39 is 0 Å². The topological polar surface area (TPSA) is 65.7 Å². The average molecular weight is 404 g/mol. The summed E-state index contributed by atoms with van der Waals surface area (Å²) < 4.78 is 5.48. The van der Waals surface area contributed by atoms with Gasteiger partial charge in [-0.3, -0.25) is 9.89 Å². The van der Waals surface area contributed by atoms with Crippen molar-refractivity contribution >= 4 is 5.96 Å². The molecule has 4 rings (SSSR count). The second-order valence-electron chi connectivity index (χ2n) is 7.52. The van der Waals surface area contributed by atoms with Gasteiger partial charge in [0.15, 0.2) is 11.7 Å². The number of hydrogen-bond donors (Lipinski definition) is 2. The van der Waals surface area contributed by atoms with Gasteiger partial charge in [0.25, 0.3) is 0 Å². The lowest BCUT2D eigenvalue weighted by Gasteiger charge is -2.28. The molecule has 2 N–H and O–H groups in total. The predicted molar refractivity (Wildman–Crippen MR) is 120 cm³/mol. The Labute approximate surface area is 178 Å². The van der Waals surface area contributed by atoms with Crippen molar-refractivity contribution in [3.05, 3.63) is 78.0 Å². The van der Waals surface area contributed by atoms with Crippen molar-refractivity contribution in [1.29, 1.82) is 0 Å². The van der Waals surface area contributed by atoms with Crippen LogP contribution in [0.3, 0.4) is 0 Å². The van der Waals surface area contributed by atoms with Crippen LogP contribution in [0.2, 0.25) is 0 Å². The summed E-state index contributed by atoms with van der Waals surface area (Å²) in [6.45, 7) is 3.65. The van der Waals surface area contributed by atoms with Crippen LogP contribution in [-0.4, -0.2) is 42.7 Å². The molecule has 2 aromatic carbocycles. The highest BCUT2D eigenvalue weighted by Crippen LogP contribution is 2.24. The summed E-state index contributed by atoms with van der Waals surface area (Å²) >= 11 is 0. The number of hydrogen-bond acceptors (Lipinski definition) is 4. The minimum atomic E-state index is 0.337. The van der Waals surface area contributed by atoms with Gasteiger partial charge in [-0.05, 0) is 31.5 Å². The molecule has 6 nitrogen and oxygen atoms in total. The Morgan fingerprint density at radius 3 is 2.43 bits per heavy atom. The van der Waals surface area contributed by atoms with E-state index in [4.69, 9.17) is 4.52 Å². The lowest BCUT2D eigenvalue weighted by molar-refractivity contribution is 0.245. The van der Waals surface area contributed by atoms with Crippen LogP contribution in [0.5, 0.6) is 0 Å². The molecule has 1 aromatic heterocycles. The zero-order chi connectivity index (χ0) is 20.6. The lowest BCUT2D eigenvalue weighted by Crippen LogP contribution is -2.42. The van der Waals surface area contributed by atoms with Crippen molar-refractivity contribution in [2.24, 2.45) is 4.99 Å². The Morgan fingerprint density at radius 2 is 1.73 bits per heavy atom. The molecule has 0 amide bonds. The molecule has 1 unspecified atom stereocenters. The fraction of sp³-hybridized carbons (Fsp3) is 0.333. The minimum Gasteiger partial charge on any atom is -0.356 e. The molecule has 0 bridgehead atoms. The van der Waals surface area contributed by atoms with Gasteiger partial charge in [0.1, 0.15) is 5.69 Å².